The third kappa shape index (κ3) is 3.11. The molecule has 0 spiro atoms. The van der Waals surface area contributed by atoms with Gasteiger partial charge in [0.25, 0.3) is 0 Å². The van der Waals surface area contributed by atoms with Crippen molar-refractivity contribution in [1.29, 1.82) is 0 Å². The van der Waals surface area contributed by atoms with Gasteiger partial charge >= 0.3 is 7.82 Å². The first-order chi connectivity index (χ1) is 9.94. The summed E-state index contributed by atoms with van der Waals surface area (Å²) in [6, 6.07) is 11.2. The fourth-order valence-electron chi connectivity index (χ4n) is 3.07. The van der Waals surface area contributed by atoms with E-state index in [-0.39, 0.29) is 5.75 Å². The van der Waals surface area contributed by atoms with Crippen LogP contribution >= 0.6 is 7.82 Å². The maximum atomic E-state index is 11.2. The van der Waals surface area contributed by atoms with Crippen LogP contribution in [0, 0.1) is 0 Å². The first-order valence-electron chi connectivity index (χ1n) is 6.89. The molecule has 1 heterocycles. The standard InChI is InChI=1S/C15H18NO4P/c1-16-9-8-12(10-16)13-6-2-4-11-5-3-7-14(15(11)13)20-21(17,18)19/h2-7,12H,8-10H2,1H3,(H2,17,18,19). The van der Waals surface area contributed by atoms with Crippen LogP contribution in [-0.2, 0) is 4.57 Å². The predicted octanol–water partition coefficient (Wildman–Crippen LogP) is 2.73. The molecule has 2 aromatic carbocycles. The molecule has 1 aliphatic heterocycles. The summed E-state index contributed by atoms with van der Waals surface area (Å²) in [6.07, 6.45) is 1.04. The summed E-state index contributed by atoms with van der Waals surface area (Å²) in [7, 11) is -2.48. The van der Waals surface area contributed by atoms with Gasteiger partial charge in [0.05, 0.1) is 0 Å². The van der Waals surface area contributed by atoms with E-state index in [1.165, 1.54) is 0 Å². The molecule has 1 unspecified atom stereocenters. The summed E-state index contributed by atoms with van der Waals surface area (Å²) in [5, 5.41) is 1.75. The Morgan fingerprint density at radius 1 is 1.24 bits per heavy atom. The topological polar surface area (TPSA) is 70.0 Å². The molecule has 5 nitrogen and oxygen atoms in total. The molecule has 0 saturated carbocycles. The Labute approximate surface area is 123 Å². The Morgan fingerprint density at radius 3 is 2.57 bits per heavy atom. The Kier molecular flexibility index (Phi) is 3.76. The number of likely N-dealkylation sites (tertiary alicyclic amines) is 1. The first-order valence-corrected chi connectivity index (χ1v) is 8.42. The lowest BCUT2D eigenvalue weighted by Crippen LogP contribution is -2.13. The summed E-state index contributed by atoms with van der Waals surface area (Å²) < 4.78 is 16.1. The normalized spacial score (nSPS) is 20.0. The molecule has 0 radical (unpaired) electrons. The number of fused-ring (bicyclic) bond motifs is 1. The number of likely N-dealkylation sites (N-methyl/N-ethyl adjacent to an activating group) is 1. The van der Waals surface area contributed by atoms with E-state index in [4.69, 9.17) is 14.3 Å². The molecule has 21 heavy (non-hydrogen) atoms. The third-order valence-corrected chi connectivity index (χ3v) is 4.38. The van der Waals surface area contributed by atoms with Crippen LogP contribution in [0.15, 0.2) is 36.4 Å². The average molecular weight is 307 g/mol. The van der Waals surface area contributed by atoms with Crippen LogP contribution in [0.4, 0.5) is 0 Å². The number of hydrogen-bond acceptors (Lipinski definition) is 3. The van der Waals surface area contributed by atoms with E-state index < -0.39 is 7.82 Å². The van der Waals surface area contributed by atoms with Crippen molar-refractivity contribution in [1.82, 2.24) is 4.90 Å². The molecule has 3 rings (SSSR count). The lowest BCUT2D eigenvalue weighted by atomic mass is 9.92. The maximum absolute atomic E-state index is 11.2. The van der Waals surface area contributed by atoms with E-state index in [2.05, 4.69) is 11.9 Å². The van der Waals surface area contributed by atoms with Crippen LogP contribution in [0.2, 0.25) is 0 Å². The van der Waals surface area contributed by atoms with Gasteiger partial charge in [-0.25, -0.2) is 4.57 Å². The van der Waals surface area contributed by atoms with Gasteiger partial charge in [-0.2, -0.15) is 0 Å². The van der Waals surface area contributed by atoms with Crippen molar-refractivity contribution in [3.8, 4) is 5.75 Å². The van der Waals surface area contributed by atoms with Crippen molar-refractivity contribution < 1.29 is 18.9 Å². The van der Waals surface area contributed by atoms with Crippen molar-refractivity contribution in [3.63, 3.8) is 0 Å². The molecular formula is C15H18NO4P. The Morgan fingerprint density at radius 2 is 1.95 bits per heavy atom. The number of nitrogens with zero attached hydrogens (tertiary/aromatic N) is 1. The minimum atomic E-state index is -4.57. The van der Waals surface area contributed by atoms with E-state index in [1.54, 1.807) is 12.1 Å². The van der Waals surface area contributed by atoms with Crippen molar-refractivity contribution in [3.05, 3.63) is 42.0 Å². The van der Waals surface area contributed by atoms with Gasteiger partial charge < -0.3 is 9.42 Å². The van der Waals surface area contributed by atoms with E-state index in [0.29, 0.717) is 5.92 Å². The second-order valence-electron chi connectivity index (χ2n) is 5.53. The summed E-state index contributed by atoms with van der Waals surface area (Å²) in [5.41, 5.74) is 1.10. The molecule has 0 bridgehead atoms. The quantitative estimate of drug-likeness (QED) is 0.853. The van der Waals surface area contributed by atoms with E-state index >= 15 is 0 Å². The first kappa shape index (κ1) is 14.5. The number of hydrogen-bond donors (Lipinski definition) is 2. The number of phosphoric acid groups is 1. The molecule has 1 aliphatic rings. The molecule has 6 heteroatoms. The van der Waals surface area contributed by atoms with Crippen LogP contribution in [0.3, 0.4) is 0 Å². The SMILES string of the molecule is CN1CCC(c2cccc3cccc(OP(=O)(O)O)c23)C1. The Bertz CT molecular complexity index is 707. The van der Waals surface area contributed by atoms with Crippen LogP contribution in [0.25, 0.3) is 10.8 Å². The van der Waals surface area contributed by atoms with Gasteiger partial charge in [-0.1, -0.05) is 30.3 Å². The van der Waals surface area contributed by atoms with Crippen molar-refractivity contribution in [2.24, 2.45) is 0 Å². The minimum Gasteiger partial charge on any atom is -0.404 e. The highest BCUT2D eigenvalue weighted by Gasteiger charge is 2.25. The highest BCUT2D eigenvalue weighted by atomic mass is 31.2. The number of phosphoric ester groups is 1. The monoisotopic (exact) mass is 307 g/mol. The van der Waals surface area contributed by atoms with Gasteiger partial charge in [0.1, 0.15) is 5.75 Å². The molecule has 1 fully saturated rings. The van der Waals surface area contributed by atoms with Crippen LogP contribution < -0.4 is 4.52 Å². The lowest BCUT2D eigenvalue weighted by molar-refractivity contribution is 0.284. The fraction of sp³-hybridized carbons (Fsp3) is 0.333. The smallest absolute Gasteiger partial charge is 0.404 e. The summed E-state index contributed by atoms with van der Waals surface area (Å²) in [6.45, 7) is 1.98. The second kappa shape index (κ2) is 5.43. The van der Waals surface area contributed by atoms with Crippen molar-refractivity contribution >= 4 is 18.6 Å². The summed E-state index contributed by atoms with van der Waals surface area (Å²) in [4.78, 5) is 20.5. The van der Waals surface area contributed by atoms with Crippen molar-refractivity contribution in [2.45, 2.75) is 12.3 Å². The average Bonchev–Trinajstić information content (AvgIpc) is 2.83. The number of benzene rings is 2. The highest BCUT2D eigenvalue weighted by Crippen LogP contribution is 2.43. The van der Waals surface area contributed by atoms with Crippen molar-refractivity contribution in [2.75, 3.05) is 20.1 Å². The van der Waals surface area contributed by atoms with Gasteiger partial charge in [-0.3, -0.25) is 9.79 Å². The fourth-order valence-corrected chi connectivity index (χ4v) is 3.48. The molecule has 0 amide bonds. The molecule has 1 saturated heterocycles. The predicted molar refractivity (Wildman–Crippen MR) is 81.5 cm³/mol. The van der Waals surface area contributed by atoms with E-state index in [9.17, 15) is 4.57 Å². The zero-order chi connectivity index (χ0) is 15.0. The number of rotatable bonds is 3. The lowest BCUT2D eigenvalue weighted by Gasteiger charge is -2.17. The zero-order valence-corrected chi connectivity index (χ0v) is 12.7. The summed E-state index contributed by atoms with van der Waals surface area (Å²) >= 11 is 0. The molecule has 112 valence electrons. The van der Waals surface area contributed by atoms with Crippen LogP contribution in [0.5, 0.6) is 5.75 Å². The molecular weight excluding hydrogens is 289 g/mol. The van der Waals surface area contributed by atoms with Crippen LogP contribution in [0.1, 0.15) is 17.9 Å². The van der Waals surface area contributed by atoms with Gasteiger partial charge in [0, 0.05) is 11.9 Å². The largest absolute Gasteiger partial charge is 0.524 e. The van der Waals surface area contributed by atoms with Crippen LogP contribution in [-0.4, -0.2) is 34.8 Å². The Balaban J connectivity index is 2.14. The Hall–Kier alpha value is -1.39. The van der Waals surface area contributed by atoms with E-state index in [1.807, 2.05) is 24.3 Å². The molecule has 1 atom stereocenters. The van der Waals surface area contributed by atoms with E-state index in [0.717, 1.165) is 35.8 Å². The zero-order valence-electron chi connectivity index (χ0n) is 11.8. The molecule has 2 N–H and O–H groups in total. The molecule has 2 aromatic rings. The summed E-state index contributed by atoms with van der Waals surface area (Å²) in [5.74, 6) is 0.617. The van der Waals surface area contributed by atoms with Gasteiger partial charge in [-0.15, -0.1) is 0 Å². The molecule has 0 aromatic heterocycles. The molecule has 0 aliphatic carbocycles. The second-order valence-corrected chi connectivity index (χ2v) is 6.69. The maximum Gasteiger partial charge on any atom is 0.524 e. The van der Waals surface area contributed by atoms with Gasteiger partial charge in [0.15, 0.2) is 0 Å². The highest BCUT2D eigenvalue weighted by molar-refractivity contribution is 7.46. The van der Waals surface area contributed by atoms with Gasteiger partial charge in [0.2, 0.25) is 0 Å². The van der Waals surface area contributed by atoms with Gasteiger partial charge in [-0.05, 0) is 42.9 Å². The third-order valence-electron chi connectivity index (χ3n) is 3.95. The minimum absolute atomic E-state index is 0.256.